The molecular weight excluding hydrogens is 166 g/mol. The SMILES string of the molecule is CC1(C)[C@H]2CC[C@]1(C)[C@@H](O)[C@H]2NO. The number of hydrogen-bond donors (Lipinski definition) is 3. The van der Waals surface area contributed by atoms with E-state index in [0.717, 1.165) is 12.8 Å². The van der Waals surface area contributed by atoms with Crippen molar-refractivity contribution in [2.45, 2.75) is 45.8 Å². The first-order valence-electron chi connectivity index (χ1n) is 5.03. The van der Waals surface area contributed by atoms with Gasteiger partial charge in [-0.3, -0.25) is 0 Å². The first-order chi connectivity index (χ1) is 5.95. The topological polar surface area (TPSA) is 52.5 Å². The number of aliphatic hydroxyl groups excluding tert-OH is 1. The zero-order chi connectivity index (χ0) is 9.85. The molecule has 2 fully saturated rings. The van der Waals surface area contributed by atoms with Crippen LogP contribution in [0.3, 0.4) is 0 Å². The van der Waals surface area contributed by atoms with E-state index in [1.54, 1.807) is 0 Å². The zero-order valence-electron chi connectivity index (χ0n) is 8.54. The molecule has 3 nitrogen and oxygen atoms in total. The van der Waals surface area contributed by atoms with Gasteiger partial charge in [0.05, 0.1) is 12.1 Å². The number of hydrogen-bond acceptors (Lipinski definition) is 3. The van der Waals surface area contributed by atoms with E-state index in [2.05, 4.69) is 26.3 Å². The molecule has 2 saturated carbocycles. The molecule has 0 aliphatic heterocycles. The number of fused-ring (bicyclic) bond motifs is 2. The first kappa shape index (κ1) is 9.44. The lowest BCUT2D eigenvalue weighted by molar-refractivity contribution is -0.0284. The second kappa shape index (κ2) is 2.47. The molecule has 0 saturated heterocycles. The molecule has 2 aliphatic carbocycles. The molecule has 76 valence electrons. The van der Waals surface area contributed by atoms with Gasteiger partial charge in [0.1, 0.15) is 0 Å². The summed E-state index contributed by atoms with van der Waals surface area (Å²) in [6.45, 7) is 6.53. The van der Waals surface area contributed by atoms with Crippen LogP contribution in [0.1, 0.15) is 33.6 Å². The summed E-state index contributed by atoms with van der Waals surface area (Å²) in [7, 11) is 0. The van der Waals surface area contributed by atoms with Crippen molar-refractivity contribution in [3.8, 4) is 0 Å². The van der Waals surface area contributed by atoms with Gasteiger partial charge in [-0.2, -0.15) is 5.48 Å². The van der Waals surface area contributed by atoms with Gasteiger partial charge < -0.3 is 10.3 Å². The highest BCUT2D eigenvalue weighted by atomic mass is 16.5. The van der Waals surface area contributed by atoms with Crippen LogP contribution in [0, 0.1) is 16.7 Å². The van der Waals surface area contributed by atoms with Crippen LogP contribution < -0.4 is 5.48 Å². The molecule has 0 aromatic rings. The minimum absolute atomic E-state index is 0.0297. The second-order valence-corrected chi connectivity index (χ2v) is 5.38. The minimum Gasteiger partial charge on any atom is -0.391 e. The third-order valence-corrected chi connectivity index (χ3v) is 4.95. The number of hydroxylamine groups is 1. The number of rotatable bonds is 1. The maximum atomic E-state index is 10.1. The first-order valence-corrected chi connectivity index (χ1v) is 5.03. The molecule has 0 aromatic heterocycles. The molecule has 0 radical (unpaired) electrons. The van der Waals surface area contributed by atoms with E-state index >= 15 is 0 Å². The van der Waals surface area contributed by atoms with E-state index < -0.39 is 6.10 Å². The highest BCUT2D eigenvalue weighted by molar-refractivity contribution is 5.16. The molecule has 13 heavy (non-hydrogen) atoms. The van der Waals surface area contributed by atoms with E-state index in [-0.39, 0.29) is 16.9 Å². The molecule has 3 heteroatoms. The molecule has 0 aromatic carbocycles. The molecule has 2 bridgehead atoms. The summed E-state index contributed by atoms with van der Waals surface area (Å²) < 4.78 is 0. The molecule has 0 unspecified atom stereocenters. The molecule has 4 atom stereocenters. The Labute approximate surface area is 79.1 Å². The van der Waals surface area contributed by atoms with Crippen molar-refractivity contribution < 1.29 is 10.3 Å². The Kier molecular flexibility index (Phi) is 1.79. The lowest BCUT2D eigenvalue weighted by Gasteiger charge is -2.36. The van der Waals surface area contributed by atoms with Gasteiger partial charge in [-0.05, 0) is 24.2 Å². The summed E-state index contributed by atoms with van der Waals surface area (Å²) >= 11 is 0. The van der Waals surface area contributed by atoms with Crippen molar-refractivity contribution in [3.63, 3.8) is 0 Å². The van der Waals surface area contributed by atoms with Gasteiger partial charge in [0.25, 0.3) is 0 Å². The maximum absolute atomic E-state index is 10.1. The third-order valence-electron chi connectivity index (χ3n) is 4.95. The van der Waals surface area contributed by atoms with Crippen molar-refractivity contribution in [2.24, 2.45) is 16.7 Å². The Morgan fingerprint density at radius 1 is 1.31 bits per heavy atom. The average molecular weight is 185 g/mol. The summed E-state index contributed by atoms with van der Waals surface area (Å²) in [6.07, 6.45) is 1.77. The third kappa shape index (κ3) is 0.853. The fourth-order valence-corrected chi connectivity index (χ4v) is 3.50. The van der Waals surface area contributed by atoms with Crippen LogP contribution in [0.5, 0.6) is 0 Å². The quantitative estimate of drug-likeness (QED) is 0.537. The fraction of sp³-hybridized carbons (Fsp3) is 1.00. The average Bonchev–Trinajstić information content (AvgIpc) is 2.36. The summed E-state index contributed by atoms with van der Waals surface area (Å²) in [5, 5.41) is 19.0. The number of nitrogens with one attached hydrogen (secondary N) is 1. The van der Waals surface area contributed by atoms with Crippen LogP contribution in [0.2, 0.25) is 0 Å². The van der Waals surface area contributed by atoms with Gasteiger partial charge in [0.15, 0.2) is 0 Å². The predicted molar refractivity (Wildman–Crippen MR) is 49.3 cm³/mol. The van der Waals surface area contributed by atoms with E-state index in [4.69, 9.17) is 5.21 Å². The van der Waals surface area contributed by atoms with Crippen LogP contribution >= 0.6 is 0 Å². The minimum atomic E-state index is -0.411. The summed E-state index contributed by atoms with van der Waals surface area (Å²) in [6, 6.07) is -0.131. The lowest BCUT2D eigenvalue weighted by atomic mass is 9.70. The van der Waals surface area contributed by atoms with Gasteiger partial charge in [-0.15, -0.1) is 0 Å². The highest BCUT2D eigenvalue weighted by Gasteiger charge is 2.65. The van der Waals surface area contributed by atoms with Crippen molar-refractivity contribution >= 4 is 0 Å². The Bertz CT molecular complexity index is 229. The number of aliphatic hydroxyl groups is 1. The molecule has 0 heterocycles. The molecule has 2 aliphatic rings. The van der Waals surface area contributed by atoms with Crippen LogP contribution in [0.25, 0.3) is 0 Å². The fourth-order valence-electron chi connectivity index (χ4n) is 3.50. The monoisotopic (exact) mass is 185 g/mol. The van der Waals surface area contributed by atoms with Crippen LogP contribution in [-0.4, -0.2) is 22.5 Å². The van der Waals surface area contributed by atoms with Crippen molar-refractivity contribution in [1.82, 2.24) is 5.48 Å². The zero-order valence-corrected chi connectivity index (χ0v) is 8.54. The van der Waals surface area contributed by atoms with E-state index in [1.807, 2.05) is 0 Å². The Balaban J connectivity index is 2.39. The van der Waals surface area contributed by atoms with Gasteiger partial charge >= 0.3 is 0 Å². The van der Waals surface area contributed by atoms with Crippen molar-refractivity contribution in [2.75, 3.05) is 0 Å². The van der Waals surface area contributed by atoms with Gasteiger partial charge in [0.2, 0.25) is 0 Å². The van der Waals surface area contributed by atoms with Gasteiger partial charge in [-0.25, -0.2) is 0 Å². The van der Waals surface area contributed by atoms with Gasteiger partial charge in [-0.1, -0.05) is 20.8 Å². The summed E-state index contributed by atoms with van der Waals surface area (Å²) in [5.74, 6) is 0.400. The molecule has 2 rings (SSSR count). The van der Waals surface area contributed by atoms with E-state index in [1.165, 1.54) is 0 Å². The van der Waals surface area contributed by atoms with Crippen molar-refractivity contribution in [1.29, 1.82) is 0 Å². The van der Waals surface area contributed by atoms with Crippen LogP contribution in [-0.2, 0) is 0 Å². The Hall–Kier alpha value is -0.120. The van der Waals surface area contributed by atoms with Crippen molar-refractivity contribution in [3.05, 3.63) is 0 Å². The second-order valence-electron chi connectivity index (χ2n) is 5.38. The predicted octanol–water partition coefficient (Wildman–Crippen LogP) is 1.15. The van der Waals surface area contributed by atoms with Crippen LogP contribution in [0.4, 0.5) is 0 Å². The molecule has 0 spiro atoms. The Morgan fingerprint density at radius 2 is 1.92 bits per heavy atom. The molecule has 3 N–H and O–H groups in total. The lowest BCUT2D eigenvalue weighted by Crippen LogP contribution is -2.45. The molecule has 0 amide bonds. The van der Waals surface area contributed by atoms with E-state index in [9.17, 15) is 5.11 Å². The summed E-state index contributed by atoms with van der Waals surface area (Å²) in [5.41, 5.74) is 2.38. The largest absolute Gasteiger partial charge is 0.391 e. The molecular formula is C10H19NO2. The maximum Gasteiger partial charge on any atom is 0.0777 e. The van der Waals surface area contributed by atoms with Crippen LogP contribution in [0.15, 0.2) is 0 Å². The highest BCUT2D eigenvalue weighted by Crippen LogP contribution is 2.65. The normalized spacial score (nSPS) is 52.8. The smallest absolute Gasteiger partial charge is 0.0777 e. The van der Waals surface area contributed by atoms with E-state index in [0.29, 0.717) is 5.92 Å². The Morgan fingerprint density at radius 3 is 2.23 bits per heavy atom. The van der Waals surface area contributed by atoms with Gasteiger partial charge in [0, 0.05) is 5.41 Å². The summed E-state index contributed by atoms with van der Waals surface area (Å²) in [4.78, 5) is 0. The standard InChI is InChI=1S/C10H19NO2/c1-9(2)6-4-5-10(9,3)8(12)7(6)11-13/h6-8,11-13H,4-5H2,1-3H3/t6-,7-,8-,10+/m0/s1.